The van der Waals surface area contributed by atoms with Gasteiger partial charge < -0.3 is 4.42 Å². The molecule has 0 atom stereocenters. The largest absolute Gasteiger partial charge is 0.433 e. The van der Waals surface area contributed by atoms with E-state index in [9.17, 15) is 10.1 Å². The van der Waals surface area contributed by atoms with Crippen LogP contribution >= 0.6 is 0 Å². The summed E-state index contributed by atoms with van der Waals surface area (Å²) in [4.78, 5) is 14.3. The number of aromatic nitrogens is 1. The van der Waals surface area contributed by atoms with Crippen molar-refractivity contribution in [2.75, 3.05) is 0 Å². The average molecular weight is 296 g/mol. The van der Waals surface area contributed by atoms with Crippen LogP contribution in [0.2, 0.25) is 0 Å². The minimum atomic E-state index is -0.588. The van der Waals surface area contributed by atoms with Crippen molar-refractivity contribution in [1.29, 1.82) is 0 Å². The second-order valence-electron chi connectivity index (χ2n) is 4.71. The molecule has 0 spiro atoms. The molecule has 0 amide bonds. The van der Waals surface area contributed by atoms with E-state index in [0.717, 1.165) is 16.5 Å². The van der Waals surface area contributed by atoms with E-state index in [4.69, 9.17) is 4.42 Å². The Bertz CT molecular complexity index is 870. The minimum Gasteiger partial charge on any atom is -0.404 e. The SMILES string of the molecule is Cc1cc(N=NCc2ccc([N+](=O)[O-])o2)nc2ccccc12. The maximum Gasteiger partial charge on any atom is 0.433 e. The van der Waals surface area contributed by atoms with E-state index in [1.165, 1.54) is 12.1 Å². The van der Waals surface area contributed by atoms with Crippen LogP contribution in [0.4, 0.5) is 11.7 Å². The molecule has 110 valence electrons. The number of hydrogen-bond acceptors (Lipinski definition) is 6. The number of nitrogens with zero attached hydrogens (tertiary/aromatic N) is 4. The number of furan rings is 1. The Kier molecular flexibility index (Phi) is 3.61. The van der Waals surface area contributed by atoms with Crippen molar-refractivity contribution < 1.29 is 9.34 Å². The lowest BCUT2D eigenvalue weighted by Crippen LogP contribution is -1.84. The summed E-state index contributed by atoms with van der Waals surface area (Å²) in [5.74, 6) is 0.579. The summed E-state index contributed by atoms with van der Waals surface area (Å²) >= 11 is 0. The molecule has 0 N–H and O–H groups in total. The van der Waals surface area contributed by atoms with Gasteiger partial charge in [0.15, 0.2) is 5.82 Å². The van der Waals surface area contributed by atoms with E-state index in [-0.39, 0.29) is 12.4 Å². The van der Waals surface area contributed by atoms with Crippen molar-refractivity contribution >= 4 is 22.6 Å². The Balaban J connectivity index is 1.78. The maximum atomic E-state index is 10.5. The highest BCUT2D eigenvalue weighted by Gasteiger charge is 2.11. The van der Waals surface area contributed by atoms with Crippen molar-refractivity contribution in [3.8, 4) is 0 Å². The molecule has 0 fully saturated rings. The molecule has 0 saturated carbocycles. The van der Waals surface area contributed by atoms with Gasteiger partial charge in [0.2, 0.25) is 0 Å². The molecule has 0 aliphatic carbocycles. The number of aryl methyl sites for hydroxylation is 1. The summed E-state index contributed by atoms with van der Waals surface area (Å²) < 4.78 is 5.00. The van der Waals surface area contributed by atoms with Gasteiger partial charge in [-0.05, 0) is 30.7 Å². The zero-order valence-electron chi connectivity index (χ0n) is 11.8. The van der Waals surface area contributed by atoms with Gasteiger partial charge in [-0.1, -0.05) is 18.2 Å². The molecule has 3 aromatic rings. The highest BCUT2D eigenvalue weighted by molar-refractivity contribution is 5.83. The number of azo groups is 1. The van der Waals surface area contributed by atoms with Crippen molar-refractivity contribution in [3.05, 3.63) is 63.9 Å². The Morgan fingerprint density at radius 1 is 1.27 bits per heavy atom. The molecule has 0 bridgehead atoms. The summed E-state index contributed by atoms with van der Waals surface area (Å²) in [6, 6.07) is 12.4. The van der Waals surface area contributed by atoms with Gasteiger partial charge in [-0.2, -0.15) is 5.11 Å². The zero-order chi connectivity index (χ0) is 15.5. The van der Waals surface area contributed by atoms with Crippen molar-refractivity contribution in [2.45, 2.75) is 13.5 Å². The first kappa shape index (κ1) is 13.9. The van der Waals surface area contributed by atoms with Crippen LogP contribution in [0.5, 0.6) is 0 Å². The monoisotopic (exact) mass is 296 g/mol. The molecular weight excluding hydrogens is 284 g/mol. The number of hydrogen-bond donors (Lipinski definition) is 0. The van der Waals surface area contributed by atoms with Crippen LogP contribution in [0.15, 0.2) is 57.1 Å². The summed E-state index contributed by atoms with van der Waals surface area (Å²) in [6.07, 6.45) is 0. The summed E-state index contributed by atoms with van der Waals surface area (Å²) in [5.41, 5.74) is 1.92. The Morgan fingerprint density at radius 3 is 2.86 bits per heavy atom. The number of benzene rings is 1. The molecule has 0 saturated heterocycles. The highest BCUT2D eigenvalue weighted by Crippen LogP contribution is 2.22. The Labute approximate surface area is 125 Å². The predicted molar refractivity (Wildman–Crippen MR) is 80.1 cm³/mol. The molecule has 0 radical (unpaired) electrons. The van der Waals surface area contributed by atoms with Gasteiger partial charge in [0, 0.05) is 5.39 Å². The van der Waals surface area contributed by atoms with Gasteiger partial charge in [-0.15, -0.1) is 5.11 Å². The summed E-state index contributed by atoms with van der Waals surface area (Å²) in [5, 5.41) is 19.6. The lowest BCUT2D eigenvalue weighted by molar-refractivity contribution is -0.402. The molecule has 1 aromatic carbocycles. The topological polar surface area (TPSA) is 93.9 Å². The predicted octanol–water partition coefficient (Wildman–Crippen LogP) is 4.33. The van der Waals surface area contributed by atoms with E-state index in [1.54, 1.807) is 0 Å². The molecule has 0 aliphatic heterocycles. The Morgan fingerprint density at radius 2 is 2.09 bits per heavy atom. The van der Waals surface area contributed by atoms with Gasteiger partial charge in [-0.3, -0.25) is 10.1 Å². The third-order valence-corrected chi connectivity index (χ3v) is 3.14. The standard InChI is InChI=1S/C15H12N4O3/c1-10-8-14(17-13-5-3-2-4-12(10)13)18-16-9-11-6-7-15(22-11)19(20)21/h2-8H,9H2,1H3. The third-order valence-electron chi connectivity index (χ3n) is 3.14. The van der Waals surface area contributed by atoms with Crippen molar-refractivity contribution in [3.63, 3.8) is 0 Å². The highest BCUT2D eigenvalue weighted by atomic mass is 16.6. The minimum absolute atomic E-state index is 0.126. The zero-order valence-corrected chi connectivity index (χ0v) is 11.8. The van der Waals surface area contributed by atoms with Gasteiger partial charge in [0.05, 0.1) is 11.6 Å². The first-order chi connectivity index (χ1) is 10.6. The smallest absolute Gasteiger partial charge is 0.404 e. The van der Waals surface area contributed by atoms with Gasteiger partial charge in [0.25, 0.3) is 0 Å². The van der Waals surface area contributed by atoms with Crippen molar-refractivity contribution in [1.82, 2.24) is 4.98 Å². The second-order valence-corrected chi connectivity index (χ2v) is 4.71. The molecule has 3 rings (SSSR count). The lowest BCUT2D eigenvalue weighted by Gasteiger charge is -2.01. The second kappa shape index (κ2) is 5.72. The van der Waals surface area contributed by atoms with Crippen LogP contribution in [-0.4, -0.2) is 9.91 Å². The molecule has 0 unspecified atom stereocenters. The molecule has 0 aliphatic rings. The first-order valence-electron chi connectivity index (χ1n) is 6.60. The van der Waals surface area contributed by atoms with Crippen LogP contribution in [0.3, 0.4) is 0 Å². The quantitative estimate of drug-likeness (QED) is 0.407. The molecule has 2 heterocycles. The summed E-state index contributed by atoms with van der Waals surface area (Å²) in [6.45, 7) is 2.11. The molecular formula is C15H12N4O3. The molecule has 7 nitrogen and oxygen atoms in total. The number of rotatable bonds is 4. The number of fused-ring (bicyclic) bond motifs is 1. The summed E-state index contributed by atoms with van der Waals surface area (Å²) in [7, 11) is 0. The lowest BCUT2D eigenvalue weighted by atomic mass is 10.1. The normalized spacial score (nSPS) is 11.3. The fourth-order valence-electron chi connectivity index (χ4n) is 2.11. The maximum absolute atomic E-state index is 10.5. The van der Waals surface area contributed by atoms with Crippen LogP contribution < -0.4 is 0 Å². The fraction of sp³-hybridized carbons (Fsp3) is 0.133. The van der Waals surface area contributed by atoms with Gasteiger partial charge in [0.1, 0.15) is 17.2 Å². The van der Waals surface area contributed by atoms with E-state index < -0.39 is 4.92 Å². The fourth-order valence-corrected chi connectivity index (χ4v) is 2.11. The Hall–Kier alpha value is -3.09. The van der Waals surface area contributed by atoms with Crippen molar-refractivity contribution in [2.24, 2.45) is 10.2 Å². The van der Waals surface area contributed by atoms with Crippen LogP contribution in [0.25, 0.3) is 10.9 Å². The molecule has 2 aromatic heterocycles. The van der Waals surface area contributed by atoms with E-state index >= 15 is 0 Å². The number of para-hydroxylation sites is 1. The van der Waals surface area contributed by atoms with E-state index in [2.05, 4.69) is 15.2 Å². The van der Waals surface area contributed by atoms with E-state index in [0.29, 0.717) is 11.6 Å². The van der Waals surface area contributed by atoms with Crippen LogP contribution in [0.1, 0.15) is 11.3 Å². The number of pyridine rings is 1. The third kappa shape index (κ3) is 2.83. The molecule has 7 heteroatoms. The van der Waals surface area contributed by atoms with Crippen LogP contribution in [-0.2, 0) is 6.54 Å². The van der Waals surface area contributed by atoms with Gasteiger partial charge >= 0.3 is 5.88 Å². The molecule has 22 heavy (non-hydrogen) atoms. The average Bonchev–Trinajstić information content (AvgIpc) is 2.96. The number of nitro groups is 1. The van der Waals surface area contributed by atoms with Gasteiger partial charge in [-0.25, -0.2) is 4.98 Å². The van der Waals surface area contributed by atoms with Crippen LogP contribution in [0, 0.1) is 17.0 Å². The first-order valence-corrected chi connectivity index (χ1v) is 6.60. The van der Waals surface area contributed by atoms with E-state index in [1.807, 2.05) is 37.3 Å².